The van der Waals surface area contributed by atoms with Crippen LogP contribution in [0.2, 0.25) is 0 Å². The smallest absolute Gasteiger partial charge is 0.289 e. The van der Waals surface area contributed by atoms with Gasteiger partial charge in [0.1, 0.15) is 11.4 Å². The molecule has 0 bridgehead atoms. The Bertz CT molecular complexity index is 1430. The minimum Gasteiger partial charge on any atom is -0.340 e. The summed E-state index contributed by atoms with van der Waals surface area (Å²) in [5, 5.41) is 0.363. The number of para-hydroxylation sites is 1. The molecule has 5 nitrogen and oxygen atoms in total. The van der Waals surface area contributed by atoms with Gasteiger partial charge in [0.15, 0.2) is 0 Å². The van der Waals surface area contributed by atoms with Crippen molar-refractivity contribution in [1.29, 1.82) is 0 Å². The molecule has 0 N–H and O–H groups in total. The Morgan fingerprint density at radius 3 is 2.48 bits per heavy atom. The molecule has 0 saturated carbocycles. The minimum atomic E-state index is -3.03. The van der Waals surface area contributed by atoms with E-state index in [4.69, 9.17) is 0 Å². The molecule has 0 aliphatic rings. The molecule has 3 heterocycles. The molecule has 0 unspecified atom stereocenters. The molecule has 1 aromatic carbocycles. The van der Waals surface area contributed by atoms with Gasteiger partial charge in [-0.2, -0.15) is 8.78 Å². The molecule has 4 aromatic rings. The number of pyridine rings is 3. The molecule has 0 spiro atoms. The molecule has 0 aliphatic heterocycles. The fraction of sp³-hybridized carbons (Fsp3) is 0.231. The summed E-state index contributed by atoms with van der Waals surface area (Å²) in [6.45, 7) is 5.22. The lowest BCUT2D eigenvalue weighted by Crippen LogP contribution is -2.21. The van der Waals surface area contributed by atoms with E-state index >= 15 is 0 Å². The predicted molar refractivity (Wildman–Crippen MR) is 123 cm³/mol. The first-order chi connectivity index (χ1) is 15.7. The van der Waals surface area contributed by atoms with Crippen LogP contribution in [0, 0.1) is 13.8 Å². The van der Waals surface area contributed by atoms with E-state index in [0.29, 0.717) is 22.3 Å². The largest absolute Gasteiger partial charge is 0.340 e. The van der Waals surface area contributed by atoms with Gasteiger partial charge < -0.3 is 4.57 Å². The van der Waals surface area contributed by atoms with Crippen LogP contribution in [0.4, 0.5) is 8.78 Å². The normalized spacial score (nSPS) is 11.7. The third kappa shape index (κ3) is 4.31. The lowest BCUT2D eigenvalue weighted by Gasteiger charge is -2.16. The van der Waals surface area contributed by atoms with Crippen LogP contribution in [0.25, 0.3) is 10.9 Å². The predicted octanol–water partition coefficient (Wildman–Crippen LogP) is 5.19. The molecule has 0 saturated heterocycles. The number of rotatable bonds is 6. The van der Waals surface area contributed by atoms with E-state index in [1.165, 1.54) is 25.3 Å². The number of carbonyl (C=O) groups excluding carboxylic acids is 1. The van der Waals surface area contributed by atoms with Crippen molar-refractivity contribution in [1.82, 2.24) is 14.5 Å². The second-order valence-corrected chi connectivity index (χ2v) is 8.02. The van der Waals surface area contributed by atoms with Gasteiger partial charge >= 0.3 is 0 Å². The fourth-order valence-electron chi connectivity index (χ4n) is 3.66. The van der Waals surface area contributed by atoms with Gasteiger partial charge in [-0.15, -0.1) is 0 Å². The Morgan fingerprint density at radius 1 is 1.00 bits per heavy atom. The van der Waals surface area contributed by atoms with Gasteiger partial charge in [-0.25, -0.2) is 9.97 Å². The number of carbonyl (C=O) groups is 1. The number of aromatic nitrogens is 3. The molecule has 4 rings (SSSR count). The summed E-state index contributed by atoms with van der Waals surface area (Å²) >= 11 is 0. The zero-order chi connectivity index (χ0) is 23.8. The van der Waals surface area contributed by atoms with E-state index in [-0.39, 0.29) is 29.9 Å². The SMILES string of the molecule is CCC(F)(F)c1cccc(Cn2cc(C(=O)c3ccc(C)c(C)n3)c(=O)c3ccccc32)n1. The first-order valence-electron chi connectivity index (χ1n) is 10.7. The molecule has 0 atom stereocenters. The van der Waals surface area contributed by atoms with Crippen molar-refractivity contribution in [2.24, 2.45) is 0 Å². The van der Waals surface area contributed by atoms with Crippen LogP contribution in [-0.4, -0.2) is 20.3 Å². The van der Waals surface area contributed by atoms with Crippen LogP contribution in [0.3, 0.4) is 0 Å². The number of hydrogen-bond acceptors (Lipinski definition) is 4. The van der Waals surface area contributed by atoms with Crippen LogP contribution >= 0.6 is 0 Å². The van der Waals surface area contributed by atoms with Gasteiger partial charge in [-0.3, -0.25) is 9.59 Å². The van der Waals surface area contributed by atoms with Crippen molar-refractivity contribution in [3.63, 3.8) is 0 Å². The third-order valence-electron chi connectivity index (χ3n) is 5.77. The highest BCUT2D eigenvalue weighted by atomic mass is 19.3. The van der Waals surface area contributed by atoms with Gasteiger partial charge in [0, 0.05) is 23.7 Å². The van der Waals surface area contributed by atoms with Crippen LogP contribution in [0.1, 0.15) is 52.0 Å². The van der Waals surface area contributed by atoms with Crippen molar-refractivity contribution in [2.75, 3.05) is 0 Å². The highest BCUT2D eigenvalue weighted by Gasteiger charge is 2.30. The van der Waals surface area contributed by atoms with Crippen LogP contribution in [-0.2, 0) is 12.5 Å². The summed E-state index contributed by atoms with van der Waals surface area (Å²) in [4.78, 5) is 34.8. The van der Waals surface area contributed by atoms with Gasteiger partial charge in [-0.1, -0.05) is 31.2 Å². The van der Waals surface area contributed by atoms with E-state index in [2.05, 4.69) is 9.97 Å². The molecular weight excluding hydrogens is 424 g/mol. The number of nitrogens with zero attached hydrogens (tertiary/aromatic N) is 3. The summed E-state index contributed by atoms with van der Waals surface area (Å²) in [7, 11) is 0. The summed E-state index contributed by atoms with van der Waals surface area (Å²) in [6, 6.07) is 14.8. The maximum atomic E-state index is 14.2. The number of alkyl halides is 2. The number of halogens is 2. The molecule has 7 heteroatoms. The number of fused-ring (bicyclic) bond motifs is 1. The van der Waals surface area contributed by atoms with Crippen LogP contribution in [0.15, 0.2) is 65.6 Å². The van der Waals surface area contributed by atoms with E-state index in [0.717, 1.165) is 5.56 Å². The molecule has 3 aromatic heterocycles. The molecular formula is C26H23F2N3O2. The lowest BCUT2D eigenvalue weighted by molar-refractivity contribution is -0.0129. The third-order valence-corrected chi connectivity index (χ3v) is 5.77. The molecule has 0 amide bonds. The van der Waals surface area contributed by atoms with E-state index in [1.54, 1.807) is 54.0 Å². The fourth-order valence-corrected chi connectivity index (χ4v) is 3.66. The number of hydrogen-bond donors (Lipinski definition) is 0. The van der Waals surface area contributed by atoms with Gasteiger partial charge in [0.2, 0.25) is 11.2 Å². The molecule has 0 radical (unpaired) electrons. The second kappa shape index (κ2) is 8.65. The average Bonchev–Trinajstić information content (AvgIpc) is 2.82. The summed E-state index contributed by atoms with van der Waals surface area (Å²) < 4.78 is 30.0. The first kappa shape index (κ1) is 22.5. The summed E-state index contributed by atoms with van der Waals surface area (Å²) in [5.74, 6) is -3.51. The Balaban J connectivity index is 1.84. The maximum absolute atomic E-state index is 14.2. The van der Waals surface area contributed by atoms with Gasteiger partial charge in [0.05, 0.1) is 23.3 Å². The monoisotopic (exact) mass is 447 g/mol. The Labute approximate surface area is 189 Å². The highest BCUT2D eigenvalue weighted by molar-refractivity contribution is 6.09. The van der Waals surface area contributed by atoms with Crippen molar-refractivity contribution in [3.05, 3.63) is 105 Å². The maximum Gasteiger partial charge on any atom is 0.289 e. The second-order valence-electron chi connectivity index (χ2n) is 8.02. The van der Waals surface area contributed by atoms with Crippen molar-refractivity contribution in [3.8, 4) is 0 Å². The standard InChI is InChI=1S/C26H23F2N3O2/c1-4-26(27,28)23-11-7-8-18(30-23)14-31-15-20(24(32)19-9-5-6-10-22(19)31)25(33)21-13-12-16(2)17(3)29-21/h5-13,15H,4,14H2,1-3H3. The quantitative estimate of drug-likeness (QED) is 0.382. The summed E-state index contributed by atoms with van der Waals surface area (Å²) in [5.41, 5.74) is 2.09. The number of benzene rings is 1. The Morgan fingerprint density at radius 2 is 1.76 bits per heavy atom. The Hall–Kier alpha value is -3.74. The zero-order valence-electron chi connectivity index (χ0n) is 18.6. The molecule has 0 aliphatic carbocycles. The van der Waals surface area contributed by atoms with Gasteiger partial charge in [0.25, 0.3) is 5.92 Å². The molecule has 168 valence electrons. The Kier molecular flexibility index (Phi) is 5.89. The zero-order valence-corrected chi connectivity index (χ0v) is 18.6. The van der Waals surface area contributed by atoms with Gasteiger partial charge in [-0.05, 0) is 49.7 Å². The van der Waals surface area contributed by atoms with Crippen LogP contribution in [0.5, 0.6) is 0 Å². The molecule has 0 fully saturated rings. The number of ketones is 1. The van der Waals surface area contributed by atoms with E-state index < -0.39 is 17.1 Å². The van der Waals surface area contributed by atoms with Crippen molar-refractivity contribution < 1.29 is 13.6 Å². The van der Waals surface area contributed by atoms with Crippen molar-refractivity contribution >= 4 is 16.7 Å². The highest BCUT2D eigenvalue weighted by Crippen LogP contribution is 2.29. The lowest BCUT2D eigenvalue weighted by atomic mass is 10.0. The van der Waals surface area contributed by atoms with Crippen LogP contribution < -0.4 is 5.43 Å². The van der Waals surface area contributed by atoms with E-state index in [1.807, 2.05) is 6.92 Å². The minimum absolute atomic E-state index is 0.0282. The topological polar surface area (TPSA) is 64.8 Å². The average molecular weight is 447 g/mol. The van der Waals surface area contributed by atoms with E-state index in [9.17, 15) is 18.4 Å². The summed E-state index contributed by atoms with van der Waals surface area (Å²) in [6.07, 6.45) is 1.11. The van der Waals surface area contributed by atoms with Crippen molar-refractivity contribution in [2.45, 2.75) is 39.7 Å². The first-order valence-corrected chi connectivity index (χ1v) is 10.7. The number of aryl methyl sites for hydroxylation is 2. The molecule has 33 heavy (non-hydrogen) atoms.